The van der Waals surface area contributed by atoms with Gasteiger partial charge in [-0.15, -0.1) is 13.2 Å². The monoisotopic (exact) mass is 692 g/mol. The van der Waals surface area contributed by atoms with Crippen LogP contribution in [0.3, 0.4) is 0 Å². The molecule has 2 aliphatic heterocycles. The third-order valence-electron chi connectivity index (χ3n) is 9.81. The number of rotatable bonds is 6. The van der Waals surface area contributed by atoms with E-state index in [1.165, 1.54) is 30.3 Å². The van der Waals surface area contributed by atoms with Crippen molar-refractivity contribution in [3.05, 3.63) is 104 Å². The molecule has 3 fully saturated rings. The van der Waals surface area contributed by atoms with Gasteiger partial charge in [0.25, 0.3) is 11.4 Å². The van der Waals surface area contributed by atoms with Crippen LogP contribution in [0.2, 0.25) is 0 Å². The van der Waals surface area contributed by atoms with Gasteiger partial charge in [0.05, 0.1) is 44.9 Å². The number of nitrogens with zero attached hydrogens (tertiary/aromatic N) is 4. The van der Waals surface area contributed by atoms with Gasteiger partial charge in [-0.1, -0.05) is 23.8 Å². The first kappa shape index (κ1) is 32.4. The first-order chi connectivity index (χ1) is 23.7. The molecule has 3 aromatic rings. The van der Waals surface area contributed by atoms with E-state index in [-0.39, 0.29) is 35.5 Å². The fraction of sp³-hybridized carbons (Fsp3) is 0.273. The number of alkyl halides is 3. The van der Waals surface area contributed by atoms with Gasteiger partial charge in [-0.05, 0) is 49.1 Å². The van der Waals surface area contributed by atoms with Gasteiger partial charge in [0, 0.05) is 35.7 Å². The SMILES string of the molecule is O=C1[C@H]2[C@H](CC=C3[C@H]2C[C@H]2C(=O)N(c4cccc([N+](=O)[O-])c4)C(=O)[C@H]2[C@H]3c2cc(OC(F)(F)F)ccc2O)C(=O)N1c1cccc([N+](=O)[O-])c1. The van der Waals surface area contributed by atoms with E-state index in [0.717, 1.165) is 46.2 Å². The van der Waals surface area contributed by atoms with Crippen LogP contribution in [0.4, 0.5) is 35.9 Å². The Kier molecular flexibility index (Phi) is 7.45. The third kappa shape index (κ3) is 5.12. The van der Waals surface area contributed by atoms with Crippen LogP contribution in [0.25, 0.3) is 0 Å². The fourth-order valence-electron chi connectivity index (χ4n) is 7.92. The van der Waals surface area contributed by atoms with Crippen molar-refractivity contribution < 1.29 is 52.0 Å². The standard InChI is InChI=1S/C33H23F3N4O10/c34-33(35,36)50-19-7-10-25(41)23(13-19)26-20-8-9-21-27(31(44)37(29(21)42)15-3-1-5-17(11-15)39(46)47)22(20)14-24-28(26)32(45)38(30(24)43)16-4-2-6-18(12-16)40(48)49/h1-8,10-13,21-22,24,26-28,41H,9,14H2/t21-,22+,24+,26+,27-,28+/m0/s1. The zero-order valence-electron chi connectivity index (χ0n) is 25.4. The highest BCUT2D eigenvalue weighted by molar-refractivity contribution is 6.24. The number of non-ortho nitro benzene ring substituents is 2. The number of nitro groups is 2. The van der Waals surface area contributed by atoms with Gasteiger partial charge in [0.15, 0.2) is 0 Å². The summed E-state index contributed by atoms with van der Waals surface area (Å²) in [5.41, 5.74) is -0.833. The molecule has 256 valence electrons. The molecule has 0 aromatic heterocycles. The van der Waals surface area contributed by atoms with Crippen molar-refractivity contribution >= 4 is 46.4 Å². The maximum atomic E-state index is 14.2. The van der Waals surface area contributed by atoms with Gasteiger partial charge in [0.2, 0.25) is 23.6 Å². The molecular formula is C33H23F3N4O10. The lowest BCUT2D eigenvalue weighted by Gasteiger charge is -2.44. The molecule has 14 nitrogen and oxygen atoms in total. The van der Waals surface area contributed by atoms with Crippen molar-refractivity contribution in [1.29, 1.82) is 0 Å². The minimum absolute atomic E-state index is 0.0472. The normalized spacial score (nSPS) is 25.9. The molecule has 7 rings (SSSR count). The minimum Gasteiger partial charge on any atom is -0.508 e. The molecule has 2 saturated heterocycles. The van der Waals surface area contributed by atoms with Crippen molar-refractivity contribution in [2.24, 2.45) is 29.6 Å². The summed E-state index contributed by atoms with van der Waals surface area (Å²) in [4.78, 5) is 79.3. The minimum atomic E-state index is -5.12. The zero-order valence-corrected chi connectivity index (χ0v) is 25.4. The fourth-order valence-corrected chi connectivity index (χ4v) is 7.92. The highest BCUT2D eigenvalue weighted by atomic mass is 19.4. The number of hydrogen-bond acceptors (Lipinski definition) is 10. The Hall–Kier alpha value is -6.13. The van der Waals surface area contributed by atoms with Crippen LogP contribution in [0.5, 0.6) is 11.5 Å². The average molecular weight is 693 g/mol. The summed E-state index contributed by atoms with van der Waals surface area (Å²) in [5, 5.41) is 34.0. The number of ether oxygens (including phenoxy) is 1. The molecule has 6 atom stereocenters. The maximum absolute atomic E-state index is 14.2. The lowest BCUT2D eigenvalue weighted by molar-refractivity contribution is -0.385. The number of phenols is 1. The summed E-state index contributed by atoms with van der Waals surface area (Å²) in [7, 11) is 0. The Balaban J connectivity index is 1.35. The van der Waals surface area contributed by atoms with Gasteiger partial charge >= 0.3 is 6.36 Å². The Bertz CT molecular complexity index is 2070. The Morgan fingerprint density at radius 2 is 1.30 bits per heavy atom. The number of aromatic hydroxyl groups is 1. The molecule has 0 bridgehead atoms. The topological polar surface area (TPSA) is 190 Å². The molecule has 3 aromatic carbocycles. The maximum Gasteiger partial charge on any atom is 0.573 e. The number of fused-ring (bicyclic) bond motifs is 4. The predicted molar refractivity (Wildman–Crippen MR) is 163 cm³/mol. The molecule has 0 unspecified atom stereocenters. The molecule has 4 aliphatic rings. The van der Waals surface area contributed by atoms with Crippen LogP contribution >= 0.6 is 0 Å². The molecule has 4 amide bonds. The van der Waals surface area contributed by atoms with E-state index in [9.17, 15) is 57.7 Å². The van der Waals surface area contributed by atoms with Gasteiger partial charge in [-0.3, -0.25) is 39.4 Å². The lowest BCUT2D eigenvalue weighted by Crippen LogP contribution is -2.43. The summed E-state index contributed by atoms with van der Waals surface area (Å²) in [6, 6.07) is 12.4. The Morgan fingerprint density at radius 1 is 0.740 bits per heavy atom. The van der Waals surface area contributed by atoms with Crippen LogP contribution in [-0.2, 0) is 19.2 Å². The molecule has 1 N–H and O–H groups in total. The number of anilines is 2. The number of allylic oxidation sites excluding steroid dienone is 2. The Morgan fingerprint density at radius 3 is 1.86 bits per heavy atom. The van der Waals surface area contributed by atoms with Gasteiger partial charge < -0.3 is 9.84 Å². The van der Waals surface area contributed by atoms with Gasteiger partial charge in [-0.2, -0.15) is 0 Å². The predicted octanol–water partition coefficient (Wildman–Crippen LogP) is 5.15. The first-order valence-corrected chi connectivity index (χ1v) is 15.2. The lowest BCUT2D eigenvalue weighted by atomic mass is 9.57. The van der Waals surface area contributed by atoms with Crippen molar-refractivity contribution in [3.63, 3.8) is 0 Å². The third-order valence-corrected chi connectivity index (χ3v) is 9.81. The number of carbonyl (C=O) groups excluding carboxylic acids is 4. The number of amides is 4. The molecule has 2 aliphatic carbocycles. The smallest absolute Gasteiger partial charge is 0.508 e. The Labute approximate surface area is 278 Å². The van der Waals surface area contributed by atoms with E-state index in [0.29, 0.717) is 5.57 Å². The van der Waals surface area contributed by atoms with Gasteiger partial charge in [-0.25, -0.2) is 9.80 Å². The second-order valence-electron chi connectivity index (χ2n) is 12.4. The first-order valence-electron chi connectivity index (χ1n) is 15.2. The summed E-state index contributed by atoms with van der Waals surface area (Å²) in [6.45, 7) is 0. The summed E-state index contributed by atoms with van der Waals surface area (Å²) < 4.78 is 43.8. The quantitative estimate of drug-likeness (QED) is 0.156. The largest absolute Gasteiger partial charge is 0.573 e. The van der Waals surface area contributed by atoms with Crippen molar-refractivity contribution in [2.75, 3.05) is 9.80 Å². The highest BCUT2D eigenvalue weighted by Gasteiger charge is 2.62. The van der Waals surface area contributed by atoms with Crippen LogP contribution < -0.4 is 14.5 Å². The van der Waals surface area contributed by atoms with Crippen LogP contribution in [0.1, 0.15) is 24.3 Å². The summed E-state index contributed by atoms with van der Waals surface area (Å²) in [5.74, 6) is -11.1. The van der Waals surface area contributed by atoms with E-state index in [4.69, 9.17) is 0 Å². The van der Waals surface area contributed by atoms with E-state index in [2.05, 4.69) is 4.74 Å². The zero-order chi connectivity index (χ0) is 35.8. The molecular weight excluding hydrogens is 669 g/mol. The molecule has 1 saturated carbocycles. The number of benzene rings is 3. The number of hydrogen-bond donors (Lipinski definition) is 1. The molecule has 50 heavy (non-hydrogen) atoms. The molecule has 2 heterocycles. The highest BCUT2D eigenvalue weighted by Crippen LogP contribution is 2.59. The van der Waals surface area contributed by atoms with Crippen molar-refractivity contribution in [2.45, 2.75) is 25.1 Å². The van der Waals surface area contributed by atoms with Crippen molar-refractivity contribution in [3.8, 4) is 11.5 Å². The van der Waals surface area contributed by atoms with E-state index in [1.807, 2.05) is 0 Å². The second-order valence-corrected chi connectivity index (χ2v) is 12.4. The van der Waals surface area contributed by atoms with E-state index in [1.54, 1.807) is 6.08 Å². The van der Waals surface area contributed by atoms with E-state index >= 15 is 0 Å². The van der Waals surface area contributed by atoms with Crippen LogP contribution in [0.15, 0.2) is 78.4 Å². The molecule has 17 heteroatoms. The van der Waals surface area contributed by atoms with Gasteiger partial charge in [0.1, 0.15) is 11.5 Å². The summed E-state index contributed by atoms with van der Waals surface area (Å²) in [6.07, 6.45) is -3.75. The molecule has 0 spiro atoms. The average Bonchev–Trinajstić information content (AvgIpc) is 3.47. The second kappa shape index (κ2) is 11.5. The number of halogens is 3. The van der Waals surface area contributed by atoms with Crippen LogP contribution in [-0.4, -0.2) is 44.9 Å². The number of phenolic OH excluding ortho intramolecular Hbond substituents is 1. The number of carbonyl (C=O) groups is 4. The number of nitro benzene ring substituents is 2. The van der Waals surface area contributed by atoms with E-state index < -0.39 is 92.5 Å². The number of imide groups is 2. The van der Waals surface area contributed by atoms with Crippen molar-refractivity contribution in [1.82, 2.24) is 0 Å². The summed E-state index contributed by atoms with van der Waals surface area (Å²) >= 11 is 0. The van der Waals surface area contributed by atoms with Crippen LogP contribution in [0, 0.1) is 49.8 Å². The molecule has 0 radical (unpaired) electrons.